The Morgan fingerprint density at radius 3 is 3.00 bits per heavy atom. The molecule has 0 aliphatic rings. The van der Waals surface area contributed by atoms with Crippen LogP contribution in [0.25, 0.3) is 5.57 Å². The van der Waals surface area contributed by atoms with Crippen LogP contribution >= 0.6 is 0 Å². The molecular formula is C12H16N2O2. The highest BCUT2D eigenvalue weighted by atomic mass is 16.1. The largest absolute Gasteiger partial charge is 0.328 e. The van der Waals surface area contributed by atoms with Crippen LogP contribution in [-0.4, -0.2) is 11.4 Å². The molecule has 2 N–H and O–H groups in total. The molecule has 0 aromatic carbocycles. The van der Waals surface area contributed by atoms with Crippen molar-refractivity contribution in [3.05, 3.63) is 34.8 Å². The van der Waals surface area contributed by atoms with Crippen molar-refractivity contribution < 1.29 is 4.79 Å². The second kappa shape index (κ2) is 5.90. The van der Waals surface area contributed by atoms with Gasteiger partial charge < -0.3 is 10.3 Å². The van der Waals surface area contributed by atoms with Gasteiger partial charge in [0.1, 0.15) is 0 Å². The highest BCUT2D eigenvalue weighted by Gasteiger charge is 2.09. The smallest absolute Gasteiger partial charge is 0.257 e. The number of carbonyl (C=O) groups is 1. The zero-order chi connectivity index (χ0) is 12.0. The van der Waals surface area contributed by atoms with Crippen LogP contribution in [0.2, 0.25) is 0 Å². The van der Waals surface area contributed by atoms with E-state index in [1.165, 1.54) is 6.20 Å². The Hall–Kier alpha value is -1.84. The first-order valence-corrected chi connectivity index (χ1v) is 5.30. The Labute approximate surface area is 94.4 Å². The van der Waals surface area contributed by atoms with Gasteiger partial charge in [0.05, 0.1) is 11.3 Å². The summed E-state index contributed by atoms with van der Waals surface area (Å²) in [6.07, 6.45) is 4.85. The van der Waals surface area contributed by atoms with Gasteiger partial charge in [0, 0.05) is 6.20 Å². The molecule has 4 heteroatoms. The predicted octanol–water partition coefficient (Wildman–Crippen LogP) is 2.15. The van der Waals surface area contributed by atoms with Crippen LogP contribution in [0.4, 0.5) is 5.69 Å². The minimum atomic E-state index is -0.215. The first-order chi connectivity index (χ1) is 7.70. The third-order valence-electron chi connectivity index (χ3n) is 2.36. The van der Waals surface area contributed by atoms with E-state index in [1.54, 1.807) is 6.07 Å². The highest BCUT2D eigenvalue weighted by molar-refractivity contribution is 5.81. The summed E-state index contributed by atoms with van der Waals surface area (Å²) in [6, 6.07) is 1.66. The second-order valence-corrected chi connectivity index (χ2v) is 3.56. The standard InChI is InChI=1S/C12H16N2O2/c1-3-4-5-9(2)11-10(14-8-15)6-7-13-12(11)16/h6-8H,2-5H2,1H3,(H2,13,14,15,16). The van der Waals surface area contributed by atoms with Crippen LogP contribution in [0.5, 0.6) is 0 Å². The van der Waals surface area contributed by atoms with Crippen molar-refractivity contribution in [2.24, 2.45) is 0 Å². The topological polar surface area (TPSA) is 62.0 Å². The normalized spacial score (nSPS) is 9.81. The van der Waals surface area contributed by atoms with Crippen molar-refractivity contribution in [1.29, 1.82) is 0 Å². The molecule has 0 bridgehead atoms. The number of nitrogens with one attached hydrogen (secondary N) is 2. The number of aromatic amines is 1. The lowest BCUT2D eigenvalue weighted by Crippen LogP contribution is -2.14. The quantitative estimate of drug-likeness (QED) is 0.721. The molecule has 0 saturated carbocycles. The SMILES string of the molecule is C=C(CCCC)c1c(NC=O)cc[nH]c1=O. The molecule has 16 heavy (non-hydrogen) atoms. The van der Waals surface area contributed by atoms with Crippen LogP contribution < -0.4 is 10.9 Å². The number of aromatic nitrogens is 1. The van der Waals surface area contributed by atoms with Crippen LogP contribution in [0.1, 0.15) is 31.7 Å². The Balaban J connectivity index is 3.04. The van der Waals surface area contributed by atoms with Gasteiger partial charge in [-0.25, -0.2) is 0 Å². The first kappa shape index (κ1) is 12.2. The molecule has 0 fully saturated rings. The van der Waals surface area contributed by atoms with Crippen molar-refractivity contribution in [2.45, 2.75) is 26.2 Å². The molecule has 4 nitrogen and oxygen atoms in total. The molecule has 1 aromatic heterocycles. The first-order valence-electron chi connectivity index (χ1n) is 5.30. The lowest BCUT2D eigenvalue weighted by Gasteiger charge is -2.09. The second-order valence-electron chi connectivity index (χ2n) is 3.56. The maximum atomic E-state index is 11.6. The Morgan fingerprint density at radius 2 is 2.38 bits per heavy atom. The summed E-state index contributed by atoms with van der Waals surface area (Å²) in [6.45, 7) is 5.97. The maximum Gasteiger partial charge on any atom is 0.257 e. The fraction of sp³-hybridized carbons (Fsp3) is 0.333. The van der Waals surface area contributed by atoms with Gasteiger partial charge in [-0.15, -0.1) is 0 Å². The lowest BCUT2D eigenvalue weighted by molar-refractivity contribution is -0.105. The van der Waals surface area contributed by atoms with Gasteiger partial charge >= 0.3 is 0 Å². The highest BCUT2D eigenvalue weighted by Crippen LogP contribution is 2.22. The summed E-state index contributed by atoms with van der Waals surface area (Å²) in [5.74, 6) is 0. The molecule has 0 spiro atoms. The molecule has 0 aliphatic carbocycles. The van der Waals surface area contributed by atoms with Gasteiger partial charge in [-0.2, -0.15) is 0 Å². The molecule has 1 amide bonds. The summed E-state index contributed by atoms with van der Waals surface area (Å²) >= 11 is 0. The fourth-order valence-corrected chi connectivity index (χ4v) is 1.53. The number of allylic oxidation sites excluding steroid dienone is 1. The maximum absolute atomic E-state index is 11.6. The molecule has 1 heterocycles. The van der Waals surface area contributed by atoms with E-state index in [4.69, 9.17) is 0 Å². The monoisotopic (exact) mass is 220 g/mol. The van der Waals surface area contributed by atoms with Gasteiger partial charge in [-0.3, -0.25) is 9.59 Å². The lowest BCUT2D eigenvalue weighted by atomic mass is 10.0. The Kier molecular flexibility index (Phi) is 4.51. The van der Waals surface area contributed by atoms with Gasteiger partial charge in [-0.1, -0.05) is 19.9 Å². The minimum absolute atomic E-state index is 0.215. The number of carbonyl (C=O) groups excluding carboxylic acids is 1. The van der Waals surface area contributed by atoms with Crippen LogP contribution in [-0.2, 0) is 4.79 Å². The van der Waals surface area contributed by atoms with E-state index in [-0.39, 0.29) is 5.56 Å². The van der Waals surface area contributed by atoms with Crippen LogP contribution in [0, 0.1) is 0 Å². The van der Waals surface area contributed by atoms with Crippen molar-refractivity contribution >= 4 is 17.7 Å². The van der Waals surface area contributed by atoms with Gasteiger partial charge in [-0.05, 0) is 24.5 Å². The zero-order valence-electron chi connectivity index (χ0n) is 9.38. The summed E-state index contributed by atoms with van der Waals surface area (Å²) < 4.78 is 0. The van der Waals surface area contributed by atoms with Crippen LogP contribution in [0.15, 0.2) is 23.6 Å². The molecular weight excluding hydrogens is 204 g/mol. The number of amides is 1. The summed E-state index contributed by atoms with van der Waals surface area (Å²) in [4.78, 5) is 24.7. The molecule has 1 rings (SSSR count). The summed E-state index contributed by atoms with van der Waals surface area (Å²) in [5.41, 5.74) is 1.53. The molecule has 1 aromatic rings. The average Bonchev–Trinajstić information content (AvgIpc) is 2.26. The Morgan fingerprint density at radius 1 is 1.62 bits per heavy atom. The van der Waals surface area contributed by atoms with Gasteiger partial charge in [0.2, 0.25) is 6.41 Å². The fourth-order valence-electron chi connectivity index (χ4n) is 1.53. The summed E-state index contributed by atoms with van der Waals surface area (Å²) in [5, 5.41) is 2.51. The molecule has 0 saturated heterocycles. The number of hydrogen-bond donors (Lipinski definition) is 2. The number of H-pyrrole nitrogens is 1. The van der Waals surface area contributed by atoms with Gasteiger partial charge in [0.25, 0.3) is 5.56 Å². The van der Waals surface area contributed by atoms with E-state index in [0.717, 1.165) is 24.8 Å². The predicted molar refractivity (Wildman–Crippen MR) is 65.3 cm³/mol. The van der Waals surface area contributed by atoms with E-state index in [1.807, 2.05) is 0 Å². The number of hydrogen-bond acceptors (Lipinski definition) is 2. The number of anilines is 1. The molecule has 86 valence electrons. The Bertz CT molecular complexity index is 435. The molecule has 0 atom stereocenters. The zero-order valence-corrected chi connectivity index (χ0v) is 9.38. The van der Waals surface area contributed by atoms with E-state index < -0.39 is 0 Å². The molecule has 0 aliphatic heterocycles. The van der Waals surface area contributed by atoms with E-state index >= 15 is 0 Å². The third-order valence-corrected chi connectivity index (χ3v) is 2.36. The average molecular weight is 220 g/mol. The minimum Gasteiger partial charge on any atom is -0.328 e. The number of unbranched alkanes of at least 4 members (excludes halogenated alkanes) is 1. The van der Waals surface area contributed by atoms with Crippen molar-refractivity contribution in [2.75, 3.05) is 5.32 Å². The number of pyridine rings is 1. The van der Waals surface area contributed by atoms with Crippen LogP contribution in [0.3, 0.4) is 0 Å². The summed E-state index contributed by atoms with van der Waals surface area (Å²) in [7, 11) is 0. The molecule has 0 unspecified atom stereocenters. The van der Waals surface area contributed by atoms with Gasteiger partial charge in [0.15, 0.2) is 0 Å². The molecule has 0 radical (unpaired) electrons. The van der Waals surface area contributed by atoms with E-state index in [2.05, 4.69) is 23.8 Å². The number of rotatable bonds is 6. The van der Waals surface area contributed by atoms with E-state index in [0.29, 0.717) is 17.7 Å². The van der Waals surface area contributed by atoms with E-state index in [9.17, 15) is 9.59 Å². The van der Waals surface area contributed by atoms with Crippen molar-refractivity contribution in [3.8, 4) is 0 Å². The van der Waals surface area contributed by atoms with Crippen molar-refractivity contribution in [3.63, 3.8) is 0 Å². The third kappa shape index (κ3) is 2.82. The van der Waals surface area contributed by atoms with Crippen molar-refractivity contribution in [1.82, 2.24) is 4.98 Å².